The SMILES string of the molecule is Cc1ccc(N=C2NC(=O)C(=Cc3ccc(Cl)c([N+](=O)[O-])c3)S2)cc1Cl. The molecule has 26 heavy (non-hydrogen) atoms. The normalized spacial score (nSPS) is 17.0. The molecule has 0 unspecified atom stereocenters. The Balaban J connectivity index is 1.86. The van der Waals surface area contributed by atoms with Crippen molar-refractivity contribution in [2.45, 2.75) is 6.92 Å². The summed E-state index contributed by atoms with van der Waals surface area (Å²) in [5.41, 5.74) is 1.83. The van der Waals surface area contributed by atoms with Gasteiger partial charge in [-0.3, -0.25) is 14.9 Å². The average molecular weight is 408 g/mol. The Labute approximate surface area is 163 Å². The van der Waals surface area contributed by atoms with E-state index >= 15 is 0 Å². The van der Waals surface area contributed by atoms with Gasteiger partial charge in [0.25, 0.3) is 11.6 Å². The highest BCUT2D eigenvalue weighted by Crippen LogP contribution is 2.31. The second-order valence-electron chi connectivity index (χ2n) is 5.38. The zero-order valence-electron chi connectivity index (χ0n) is 13.3. The lowest BCUT2D eigenvalue weighted by Gasteiger charge is -2.00. The van der Waals surface area contributed by atoms with Gasteiger partial charge in [0.15, 0.2) is 5.17 Å². The van der Waals surface area contributed by atoms with Crippen LogP contribution in [0.15, 0.2) is 46.3 Å². The van der Waals surface area contributed by atoms with Gasteiger partial charge in [0, 0.05) is 11.1 Å². The third-order valence-electron chi connectivity index (χ3n) is 3.50. The molecule has 6 nitrogen and oxygen atoms in total. The molecular weight excluding hydrogens is 397 g/mol. The molecule has 1 aliphatic heterocycles. The molecule has 1 saturated heterocycles. The predicted octanol–water partition coefficient (Wildman–Crippen LogP) is 5.10. The number of benzene rings is 2. The van der Waals surface area contributed by atoms with Crippen LogP contribution in [-0.4, -0.2) is 16.0 Å². The first-order valence-corrected chi connectivity index (χ1v) is 8.90. The van der Waals surface area contributed by atoms with E-state index in [1.807, 2.05) is 13.0 Å². The van der Waals surface area contributed by atoms with Crippen LogP contribution in [0.4, 0.5) is 11.4 Å². The lowest BCUT2D eigenvalue weighted by atomic mass is 10.2. The molecule has 1 amide bonds. The number of amides is 1. The highest BCUT2D eigenvalue weighted by Gasteiger charge is 2.24. The van der Waals surface area contributed by atoms with Crippen molar-refractivity contribution in [2.75, 3.05) is 0 Å². The van der Waals surface area contributed by atoms with Crippen molar-refractivity contribution >= 4 is 63.5 Å². The number of rotatable bonds is 3. The van der Waals surface area contributed by atoms with E-state index in [-0.39, 0.29) is 16.6 Å². The first-order valence-electron chi connectivity index (χ1n) is 7.33. The topological polar surface area (TPSA) is 84.6 Å². The molecule has 2 aromatic rings. The average Bonchev–Trinajstić information content (AvgIpc) is 2.92. The van der Waals surface area contributed by atoms with E-state index in [1.165, 1.54) is 12.1 Å². The Kier molecular flexibility index (Phi) is 5.31. The lowest BCUT2D eigenvalue weighted by molar-refractivity contribution is -0.384. The van der Waals surface area contributed by atoms with Gasteiger partial charge in [0.2, 0.25) is 0 Å². The molecule has 0 atom stereocenters. The largest absolute Gasteiger partial charge is 0.300 e. The molecule has 0 bridgehead atoms. The first-order chi connectivity index (χ1) is 12.3. The molecule has 1 N–H and O–H groups in total. The van der Waals surface area contributed by atoms with Gasteiger partial charge in [-0.1, -0.05) is 35.3 Å². The number of halogens is 2. The fourth-order valence-corrected chi connectivity index (χ4v) is 3.36. The number of carbonyl (C=O) groups is 1. The number of nitro groups is 1. The molecule has 0 radical (unpaired) electrons. The zero-order valence-corrected chi connectivity index (χ0v) is 15.7. The molecule has 3 rings (SSSR count). The van der Waals surface area contributed by atoms with Crippen LogP contribution in [0.1, 0.15) is 11.1 Å². The van der Waals surface area contributed by atoms with Crippen LogP contribution >= 0.6 is 35.0 Å². The van der Waals surface area contributed by atoms with Crippen molar-refractivity contribution in [3.8, 4) is 0 Å². The summed E-state index contributed by atoms with van der Waals surface area (Å²) in [4.78, 5) is 27.2. The molecule has 1 heterocycles. The van der Waals surface area contributed by atoms with Crippen LogP contribution in [0.2, 0.25) is 10.0 Å². The van der Waals surface area contributed by atoms with Crippen LogP contribution in [0.25, 0.3) is 6.08 Å². The third-order valence-corrected chi connectivity index (χ3v) is 5.14. The number of aryl methyl sites for hydroxylation is 1. The minimum Gasteiger partial charge on any atom is -0.300 e. The number of hydrogen-bond donors (Lipinski definition) is 1. The molecule has 132 valence electrons. The summed E-state index contributed by atoms with van der Waals surface area (Å²) in [5.74, 6) is -0.329. The van der Waals surface area contributed by atoms with Crippen LogP contribution in [0.5, 0.6) is 0 Å². The number of nitrogens with zero attached hydrogens (tertiary/aromatic N) is 2. The Morgan fingerprint density at radius 2 is 1.96 bits per heavy atom. The van der Waals surface area contributed by atoms with Crippen molar-refractivity contribution in [3.63, 3.8) is 0 Å². The van der Waals surface area contributed by atoms with E-state index in [9.17, 15) is 14.9 Å². The molecule has 0 aromatic heterocycles. The van der Waals surface area contributed by atoms with Crippen molar-refractivity contribution in [3.05, 3.63) is 72.6 Å². The molecule has 0 aliphatic carbocycles. The minimum atomic E-state index is -0.569. The maximum atomic E-state index is 12.1. The molecule has 1 fully saturated rings. The van der Waals surface area contributed by atoms with Gasteiger partial charge in [-0.2, -0.15) is 0 Å². The van der Waals surface area contributed by atoms with Crippen LogP contribution in [-0.2, 0) is 4.79 Å². The molecule has 0 saturated carbocycles. The Bertz CT molecular complexity index is 989. The molecule has 9 heteroatoms. The van der Waals surface area contributed by atoms with Gasteiger partial charge in [0.1, 0.15) is 5.02 Å². The fourth-order valence-electron chi connectivity index (χ4n) is 2.16. The van der Waals surface area contributed by atoms with Crippen LogP contribution in [0, 0.1) is 17.0 Å². The molecular formula is C17H11Cl2N3O3S. The summed E-state index contributed by atoms with van der Waals surface area (Å²) in [7, 11) is 0. The number of carbonyl (C=O) groups excluding carboxylic acids is 1. The number of thioether (sulfide) groups is 1. The van der Waals surface area contributed by atoms with Gasteiger partial charge in [-0.05, 0) is 54.1 Å². The molecule has 2 aromatic carbocycles. The summed E-state index contributed by atoms with van der Waals surface area (Å²) < 4.78 is 0. The van der Waals surface area contributed by atoms with E-state index in [2.05, 4.69) is 10.3 Å². The summed E-state index contributed by atoms with van der Waals surface area (Å²) in [5, 5.41) is 14.7. The number of aliphatic imine (C=N–C) groups is 1. The Morgan fingerprint density at radius 1 is 1.19 bits per heavy atom. The summed E-state index contributed by atoms with van der Waals surface area (Å²) in [6.07, 6.45) is 1.55. The maximum Gasteiger partial charge on any atom is 0.288 e. The van der Waals surface area contributed by atoms with Gasteiger partial charge in [0.05, 0.1) is 15.5 Å². The Hall–Kier alpha value is -2.35. The quantitative estimate of drug-likeness (QED) is 0.435. The standard InChI is InChI=1S/C17H11Cl2N3O3S/c1-9-2-4-11(8-13(9)19)20-17-21-16(23)15(26-17)7-10-3-5-12(18)14(6-10)22(24)25/h2-8H,1H3,(H,20,21,23). The van der Waals surface area contributed by atoms with Crippen molar-refractivity contribution in [1.82, 2.24) is 5.32 Å². The van der Waals surface area contributed by atoms with Crippen molar-refractivity contribution < 1.29 is 9.72 Å². The second kappa shape index (κ2) is 7.49. The van der Waals surface area contributed by atoms with E-state index in [4.69, 9.17) is 23.2 Å². The highest BCUT2D eigenvalue weighted by atomic mass is 35.5. The van der Waals surface area contributed by atoms with Gasteiger partial charge >= 0.3 is 0 Å². The summed E-state index contributed by atoms with van der Waals surface area (Å²) in [6.45, 7) is 1.89. The second-order valence-corrected chi connectivity index (χ2v) is 7.23. The van der Waals surface area contributed by atoms with Gasteiger partial charge < -0.3 is 5.32 Å². The van der Waals surface area contributed by atoms with Crippen LogP contribution < -0.4 is 5.32 Å². The molecule has 0 spiro atoms. The highest BCUT2D eigenvalue weighted by molar-refractivity contribution is 8.18. The smallest absolute Gasteiger partial charge is 0.288 e. The number of nitrogens with one attached hydrogen (secondary N) is 1. The Morgan fingerprint density at radius 3 is 2.65 bits per heavy atom. The van der Waals surface area contributed by atoms with Crippen molar-refractivity contribution in [1.29, 1.82) is 0 Å². The third kappa shape index (κ3) is 4.07. The van der Waals surface area contributed by atoms with Gasteiger partial charge in [-0.25, -0.2) is 4.99 Å². The first kappa shape index (κ1) is 18.4. The van der Waals surface area contributed by atoms with E-state index in [1.54, 1.807) is 24.3 Å². The number of amidine groups is 1. The zero-order chi connectivity index (χ0) is 18.8. The number of hydrogen-bond acceptors (Lipinski definition) is 5. The predicted molar refractivity (Wildman–Crippen MR) is 105 cm³/mol. The monoisotopic (exact) mass is 407 g/mol. The van der Waals surface area contributed by atoms with E-state index < -0.39 is 4.92 Å². The van der Waals surface area contributed by atoms with E-state index in [0.29, 0.717) is 26.3 Å². The van der Waals surface area contributed by atoms with Crippen molar-refractivity contribution in [2.24, 2.45) is 4.99 Å². The maximum absolute atomic E-state index is 12.1. The van der Waals surface area contributed by atoms with Gasteiger partial charge in [-0.15, -0.1) is 0 Å². The summed E-state index contributed by atoms with van der Waals surface area (Å²) >= 11 is 13.0. The summed E-state index contributed by atoms with van der Waals surface area (Å²) in [6, 6.07) is 9.69. The van der Waals surface area contributed by atoms with Crippen LogP contribution in [0.3, 0.4) is 0 Å². The molecule has 1 aliphatic rings. The number of nitro benzene ring substituents is 1. The lowest BCUT2D eigenvalue weighted by Crippen LogP contribution is -2.19. The fraction of sp³-hybridized carbons (Fsp3) is 0.0588. The minimum absolute atomic E-state index is 0.0409. The van der Waals surface area contributed by atoms with E-state index in [0.717, 1.165) is 17.3 Å².